The summed E-state index contributed by atoms with van der Waals surface area (Å²) in [5.41, 5.74) is 0.962. The molecule has 4 nitrogen and oxygen atoms in total. The lowest BCUT2D eigenvalue weighted by atomic mass is 9.85. The molecule has 2 rings (SSSR count). The summed E-state index contributed by atoms with van der Waals surface area (Å²) in [6.07, 6.45) is 3.47. The summed E-state index contributed by atoms with van der Waals surface area (Å²) < 4.78 is 5.64. The highest BCUT2D eigenvalue weighted by atomic mass is 28.3. The van der Waals surface area contributed by atoms with Gasteiger partial charge in [0, 0.05) is 12.0 Å². The van der Waals surface area contributed by atoms with E-state index in [-0.39, 0.29) is 30.7 Å². The molecule has 1 aliphatic heterocycles. The van der Waals surface area contributed by atoms with Crippen LogP contribution in [0.15, 0.2) is 55.6 Å². The molecule has 0 spiro atoms. The number of aliphatic hydroxyl groups is 1. The SMILES string of the molecule is C=CC[Si](C)(C)C[C@@H]1[C@@H](C)[C@@H](O)C[C@H](C=C)N1C(=O)OCc1ccccc1. The van der Waals surface area contributed by atoms with Crippen LogP contribution in [-0.2, 0) is 11.3 Å². The zero-order valence-corrected chi connectivity index (χ0v) is 17.8. The Balaban J connectivity index is 2.20. The first-order valence-corrected chi connectivity index (χ1v) is 13.1. The molecule has 1 aromatic carbocycles. The van der Waals surface area contributed by atoms with Gasteiger partial charge in [-0.15, -0.1) is 13.2 Å². The summed E-state index contributed by atoms with van der Waals surface area (Å²) in [7, 11) is -1.59. The van der Waals surface area contributed by atoms with E-state index in [2.05, 4.69) is 26.3 Å². The van der Waals surface area contributed by atoms with E-state index in [0.29, 0.717) is 6.42 Å². The van der Waals surface area contributed by atoms with Crippen molar-refractivity contribution in [1.29, 1.82) is 0 Å². The van der Waals surface area contributed by atoms with Crippen molar-refractivity contribution in [2.45, 2.75) is 63.3 Å². The molecule has 0 saturated carbocycles. The molecular formula is C22H33NO3Si. The number of likely N-dealkylation sites (tertiary alicyclic amines) is 1. The molecule has 148 valence electrons. The molecule has 1 amide bonds. The molecule has 1 N–H and O–H groups in total. The molecule has 0 aromatic heterocycles. The molecule has 1 heterocycles. The van der Waals surface area contributed by atoms with Gasteiger partial charge >= 0.3 is 6.09 Å². The third kappa shape index (κ3) is 5.56. The normalized spacial score (nSPS) is 25.7. The number of ether oxygens (including phenoxy) is 1. The Bertz CT molecular complexity index is 646. The molecule has 1 fully saturated rings. The lowest BCUT2D eigenvalue weighted by molar-refractivity contribution is -0.0232. The number of rotatable bonds is 7. The summed E-state index contributed by atoms with van der Waals surface area (Å²) in [4.78, 5) is 14.8. The minimum absolute atomic E-state index is 0.00191. The van der Waals surface area contributed by atoms with E-state index < -0.39 is 14.2 Å². The minimum atomic E-state index is -1.59. The summed E-state index contributed by atoms with van der Waals surface area (Å²) in [6, 6.07) is 11.3. The van der Waals surface area contributed by atoms with Crippen molar-refractivity contribution in [2.24, 2.45) is 5.92 Å². The van der Waals surface area contributed by atoms with Gasteiger partial charge in [-0.05, 0) is 24.1 Å². The third-order valence-electron chi connectivity index (χ3n) is 5.56. The van der Waals surface area contributed by atoms with Gasteiger partial charge in [-0.1, -0.05) is 62.5 Å². The van der Waals surface area contributed by atoms with Crippen molar-refractivity contribution in [3.63, 3.8) is 0 Å². The third-order valence-corrected chi connectivity index (χ3v) is 8.48. The van der Waals surface area contributed by atoms with Crippen LogP contribution in [0.1, 0.15) is 18.9 Å². The van der Waals surface area contributed by atoms with Crippen molar-refractivity contribution in [2.75, 3.05) is 0 Å². The number of benzene rings is 1. The lowest BCUT2D eigenvalue weighted by Gasteiger charge is -2.48. The second kappa shape index (κ2) is 9.38. The van der Waals surface area contributed by atoms with Crippen molar-refractivity contribution in [3.8, 4) is 0 Å². The Morgan fingerprint density at radius 3 is 2.59 bits per heavy atom. The molecule has 1 aliphatic rings. The molecular weight excluding hydrogens is 354 g/mol. The van der Waals surface area contributed by atoms with Gasteiger partial charge in [-0.25, -0.2) is 4.79 Å². The number of nitrogens with zero attached hydrogens (tertiary/aromatic N) is 1. The van der Waals surface area contributed by atoms with Crippen molar-refractivity contribution < 1.29 is 14.6 Å². The Hall–Kier alpha value is -1.85. The van der Waals surface area contributed by atoms with E-state index in [1.165, 1.54) is 0 Å². The van der Waals surface area contributed by atoms with Crippen LogP contribution >= 0.6 is 0 Å². The quantitative estimate of drug-likeness (QED) is 0.538. The van der Waals surface area contributed by atoms with Gasteiger partial charge in [0.15, 0.2) is 0 Å². The highest BCUT2D eigenvalue weighted by Crippen LogP contribution is 2.35. The second-order valence-corrected chi connectivity index (χ2v) is 13.5. The Morgan fingerprint density at radius 2 is 2.00 bits per heavy atom. The van der Waals surface area contributed by atoms with Crippen LogP contribution in [0.5, 0.6) is 0 Å². The van der Waals surface area contributed by atoms with Gasteiger partial charge in [0.05, 0.1) is 20.2 Å². The molecule has 0 radical (unpaired) electrons. The average Bonchev–Trinajstić information content (AvgIpc) is 2.64. The number of hydrogen-bond acceptors (Lipinski definition) is 3. The zero-order chi connectivity index (χ0) is 20.0. The number of carbonyl (C=O) groups is 1. The number of amides is 1. The van der Waals surface area contributed by atoms with Gasteiger partial charge in [-0.3, -0.25) is 4.90 Å². The minimum Gasteiger partial charge on any atom is -0.445 e. The number of carbonyl (C=O) groups excluding carboxylic acids is 1. The van der Waals surface area contributed by atoms with Gasteiger partial charge in [0.25, 0.3) is 0 Å². The highest BCUT2D eigenvalue weighted by Gasteiger charge is 2.44. The van der Waals surface area contributed by atoms with E-state index in [1.807, 2.05) is 48.2 Å². The Morgan fingerprint density at radius 1 is 1.33 bits per heavy atom. The van der Waals surface area contributed by atoms with Gasteiger partial charge in [-0.2, -0.15) is 0 Å². The van der Waals surface area contributed by atoms with Crippen molar-refractivity contribution >= 4 is 14.2 Å². The zero-order valence-electron chi connectivity index (χ0n) is 16.8. The smallest absolute Gasteiger partial charge is 0.410 e. The van der Waals surface area contributed by atoms with Crippen molar-refractivity contribution in [3.05, 3.63) is 61.2 Å². The fourth-order valence-electron chi connectivity index (χ4n) is 3.93. The largest absolute Gasteiger partial charge is 0.445 e. The number of piperidine rings is 1. The summed E-state index contributed by atoms with van der Waals surface area (Å²) >= 11 is 0. The van der Waals surface area contributed by atoms with E-state index in [4.69, 9.17) is 4.74 Å². The van der Waals surface area contributed by atoms with Crippen LogP contribution in [0.2, 0.25) is 25.2 Å². The average molecular weight is 388 g/mol. The number of aliphatic hydroxyl groups excluding tert-OH is 1. The van der Waals surface area contributed by atoms with Crippen LogP contribution < -0.4 is 0 Å². The summed E-state index contributed by atoms with van der Waals surface area (Å²) in [6.45, 7) is 14.7. The van der Waals surface area contributed by atoms with E-state index in [9.17, 15) is 9.90 Å². The topological polar surface area (TPSA) is 49.8 Å². The van der Waals surface area contributed by atoms with E-state index >= 15 is 0 Å². The second-order valence-electron chi connectivity index (χ2n) is 8.34. The molecule has 0 unspecified atom stereocenters. The molecule has 0 bridgehead atoms. The van der Waals surface area contributed by atoms with Gasteiger partial charge < -0.3 is 9.84 Å². The van der Waals surface area contributed by atoms with Crippen LogP contribution in [-0.4, -0.2) is 42.4 Å². The fourth-order valence-corrected chi connectivity index (χ4v) is 6.58. The Labute approximate surface area is 164 Å². The predicted molar refractivity (Wildman–Crippen MR) is 113 cm³/mol. The first kappa shape index (κ1) is 21.4. The van der Waals surface area contributed by atoms with Crippen molar-refractivity contribution in [1.82, 2.24) is 4.90 Å². The van der Waals surface area contributed by atoms with Crippen LogP contribution in [0.4, 0.5) is 4.79 Å². The fraction of sp³-hybridized carbons (Fsp3) is 0.500. The maximum Gasteiger partial charge on any atom is 0.410 e. The highest BCUT2D eigenvalue weighted by molar-refractivity contribution is 6.77. The van der Waals surface area contributed by atoms with Crippen LogP contribution in [0.25, 0.3) is 0 Å². The maximum atomic E-state index is 13.0. The lowest BCUT2D eigenvalue weighted by Crippen LogP contribution is -2.59. The number of hydrogen-bond donors (Lipinski definition) is 1. The van der Waals surface area contributed by atoms with E-state index in [1.54, 1.807) is 6.08 Å². The molecule has 4 atom stereocenters. The standard InChI is InChI=1S/C22H33NO3Si/c1-6-13-27(4,5)16-20-17(3)21(24)14-19(7-2)23(20)22(25)26-15-18-11-9-8-10-12-18/h6-12,17,19-21,24H,1-2,13-16H2,3-5H3/t17-,19+,20-,21+/m1/s1. The molecule has 1 saturated heterocycles. The van der Waals surface area contributed by atoms with E-state index in [0.717, 1.165) is 17.7 Å². The predicted octanol–water partition coefficient (Wildman–Crippen LogP) is 4.84. The van der Waals surface area contributed by atoms with Gasteiger partial charge in [0.1, 0.15) is 6.61 Å². The Kier molecular flexibility index (Phi) is 7.45. The summed E-state index contributed by atoms with van der Waals surface area (Å²) in [5.74, 6) is 0.00191. The molecule has 1 aromatic rings. The van der Waals surface area contributed by atoms with Crippen LogP contribution in [0.3, 0.4) is 0 Å². The maximum absolute atomic E-state index is 13.0. The monoisotopic (exact) mass is 387 g/mol. The number of allylic oxidation sites excluding steroid dienone is 1. The molecule has 5 heteroatoms. The molecule has 0 aliphatic carbocycles. The first-order valence-electron chi connectivity index (χ1n) is 9.69. The summed E-state index contributed by atoms with van der Waals surface area (Å²) in [5, 5.41) is 10.6. The first-order chi connectivity index (χ1) is 12.8. The molecule has 27 heavy (non-hydrogen) atoms. The van der Waals surface area contributed by atoms with Gasteiger partial charge in [0.2, 0.25) is 0 Å². The van der Waals surface area contributed by atoms with Crippen LogP contribution in [0, 0.1) is 5.92 Å².